The number of likely N-dealkylation sites (tertiary alicyclic amines) is 1. The summed E-state index contributed by atoms with van der Waals surface area (Å²) in [6.07, 6.45) is 8.58. The van der Waals surface area contributed by atoms with Crippen LogP contribution >= 0.6 is 0 Å². The van der Waals surface area contributed by atoms with Crippen LogP contribution in [0.4, 0.5) is 0 Å². The number of aliphatic hydroxyl groups is 2. The molecule has 1 spiro atoms. The molecule has 2 N–H and O–H groups in total. The molecule has 6 atom stereocenters. The minimum absolute atomic E-state index is 0.0155. The van der Waals surface area contributed by atoms with Crippen molar-refractivity contribution >= 4 is 0 Å². The van der Waals surface area contributed by atoms with Crippen LogP contribution in [0.3, 0.4) is 0 Å². The van der Waals surface area contributed by atoms with Crippen LogP contribution in [0.15, 0.2) is 42.5 Å². The van der Waals surface area contributed by atoms with Crippen LogP contribution in [-0.4, -0.2) is 60.2 Å². The Hall–Kier alpha value is -2.08. The van der Waals surface area contributed by atoms with Crippen LogP contribution in [0.5, 0.6) is 11.5 Å². The molecule has 5 aliphatic rings. The van der Waals surface area contributed by atoms with Crippen molar-refractivity contribution in [1.29, 1.82) is 0 Å². The zero-order chi connectivity index (χ0) is 25.2. The molecule has 4 unspecified atom stereocenters. The molecule has 3 fully saturated rings. The molecule has 1 saturated heterocycles. The highest BCUT2D eigenvalue weighted by Crippen LogP contribution is 2.67. The Morgan fingerprint density at radius 1 is 1.11 bits per heavy atom. The van der Waals surface area contributed by atoms with Gasteiger partial charge in [0.05, 0.1) is 19.8 Å². The molecular formula is C32H41NO4. The minimum atomic E-state index is -0.691. The Balaban J connectivity index is 1.22. The van der Waals surface area contributed by atoms with Gasteiger partial charge in [0.2, 0.25) is 0 Å². The summed E-state index contributed by atoms with van der Waals surface area (Å²) in [6.45, 7) is 2.29. The van der Waals surface area contributed by atoms with Gasteiger partial charge in [-0.05, 0) is 86.9 Å². The normalized spacial score (nSPS) is 35.6. The summed E-state index contributed by atoms with van der Waals surface area (Å²) >= 11 is 0. The molecule has 2 aromatic carbocycles. The van der Waals surface area contributed by atoms with Gasteiger partial charge in [-0.1, -0.05) is 42.8 Å². The van der Waals surface area contributed by atoms with Gasteiger partial charge in [-0.25, -0.2) is 0 Å². The van der Waals surface area contributed by atoms with Crippen LogP contribution in [0.25, 0.3) is 0 Å². The van der Waals surface area contributed by atoms with E-state index in [0.29, 0.717) is 12.0 Å². The topological polar surface area (TPSA) is 62.2 Å². The fourth-order valence-corrected chi connectivity index (χ4v) is 8.72. The number of methoxy groups -OCH3 is 1. The lowest BCUT2D eigenvalue weighted by molar-refractivity contribution is -0.181. The maximum absolute atomic E-state index is 12.1. The minimum Gasteiger partial charge on any atom is -0.493 e. The summed E-state index contributed by atoms with van der Waals surface area (Å²) in [7, 11) is 1.71. The van der Waals surface area contributed by atoms with Gasteiger partial charge < -0.3 is 19.7 Å². The zero-order valence-corrected chi connectivity index (χ0v) is 22.1. The SMILES string of the molecule is COc1ccc2c3c1OC1[C@H](O)[C@](CO)(CCCCc4ccccc4)CC4C(C2)N(CC2CC2)CCC341. The molecule has 2 heterocycles. The van der Waals surface area contributed by atoms with Crippen LogP contribution in [0.1, 0.15) is 61.6 Å². The van der Waals surface area contributed by atoms with Crippen molar-refractivity contribution in [2.24, 2.45) is 17.3 Å². The van der Waals surface area contributed by atoms with Gasteiger partial charge in [0.15, 0.2) is 11.5 Å². The van der Waals surface area contributed by atoms with Crippen molar-refractivity contribution in [3.05, 3.63) is 59.2 Å². The van der Waals surface area contributed by atoms with Crippen LogP contribution in [0.2, 0.25) is 0 Å². The second-order valence-electron chi connectivity index (χ2n) is 12.6. The van der Waals surface area contributed by atoms with Crippen molar-refractivity contribution < 1.29 is 19.7 Å². The van der Waals surface area contributed by atoms with Gasteiger partial charge in [-0.3, -0.25) is 4.90 Å². The Morgan fingerprint density at radius 2 is 1.95 bits per heavy atom. The Bertz CT molecular complexity index is 1150. The van der Waals surface area contributed by atoms with Gasteiger partial charge >= 0.3 is 0 Å². The standard InChI is InChI=1S/C32H41NO4/c1-36-26-13-12-23-17-25-24-18-31(20-34,14-6-5-9-21-7-3-2-4-8-21)29(35)30-32(24,27(23)28(26)37-30)15-16-33(25)19-22-10-11-22/h2-4,7-8,12-13,22,24-25,29-30,34-35H,5-6,9-11,14-20H2,1H3/t24?,25?,29-,30?,31+,32?/m0/s1. The molecule has 2 aliphatic heterocycles. The third-order valence-electron chi connectivity index (χ3n) is 10.8. The van der Waals surface area contributed by atoms with E-state index in [2.05, 4.69) is 47.4 Å². The van der Waals surface area contributed by atoms with Crippen LogP contribution in [0, 0.1) is 17.3 Å². The smallest absolute Gasteiger partial charge is 0.165 e. The highest BCUT2D eigenvalue weighted by atomic mass is 16.5. The first-order valence-corrected chi connectivity index (χ1v) is 14.5. The third kappa shape index (κ3) is 3.60. The molecule has 5 nitrogen and oxygen atoms in total. The molecule has 2 bridgehead atoms. The van der Waals surface area contributed by atoms with Gasteiger partial charge in [-0.2, -0.15) is 0 Å². The predicted octanol–water partition coefficient (Wildman–Crippen LogP) is 4.51. The monoisotopic (exact) mass is 503 g/mol. The first-order chi connectivity index (χ1) is 18.1. The average Bonchev–Trinajstić information content (AvgIpc) is 3.68. The number of aryl methyl sites for hydroxylation is 1. The number of hydrogen-bond donors (Lipinski definition) is 2. The van der Waals surface area contributed by atoms with E-state index in [9.17, 15) is 10.2 Å². The van der Waals surface area contributed by atoms with Crippen LogP contribution < -0.4 is 9.47 Å². The summed E-state index contributed by atoms with van der Waals surface area (Å²) < 4.78 is 12.5. The zero-order valence-electron chi connectivity index (χ0n) is 22.1. The maximum atomic E-state index is 12.1. The number of piperidine rings is 1. The summed E-state index contributed by atoms with van der Waals surface area (Å²) in [5.74, 6) is 2.88. The molecule has 3 aliphatic carbocycles. The lowest BCUT2D eigenvalue weighted by Crippen LogP contribution is -2.71. The van der Waals surface area contributed by atoms with E-state index in [1.807, 2.05) is 0 Å². The Morgan fingerprint density at radius 3 is 2.70 bits per heavy atom. The number of rotatable bonds is 9. The molecule has 7 rings (SSSR count). The van der Waals surface area contributed by atoms with E-state index >= 15 is 0 Å². The van der Waals surface area contributed by atoms with E-state index in [-0.39, 0.29) is 18.1 Å². The number of hydrogen-bond acceptors (Lipinski definition) is 5. The van der Waals surface area contributed by atoms with E-state index in [0.717, 1.165) is 68.9 Å². The predicted molar refractivity (Wildman–Crippen MR) is 143 cm³/mol. The summed E-state index contributed by atoms with van der Waals surface area (Å²) in [5, 5.41) is 23.0. The van der Waals surface area contributed by atoms with E-state index in [1.165, 1.54) is 36.1 Å². The Labute approximate surface area is 220 Å². The highest BCUT2D eigenvalue weighted by molar-refractivity contribution is 5.61. The maximum Gasteiger partial charge on any atom is 0.165 e. The van der Waals surface area contributed by atoms with Crippen molar-refractivity contribution in [2.45, 2.75) is 81.5 Å². The summed E-state index contributed by atoms with van der Waals surface area (Å²) in [5.41, 5.74) is 3.36. The van der Waals surface area contributed by atoms with Crippen molar-refractivity contribution in [3.63, 3.8) is 0 Å². The van der Waals surface area contributed by atoms with Gasteiger partial charge in [-0.15, -0.1) is 0 Å². The van der Waals surface area contributed by atoms with E-state index in [1.54, 1.807) is 7.11 Å². The van der Waals surface area contributed by atoms with E-state index < -0.39 is 11.5 Å². The lowest BCUT2D eigenvalue weighted by atomic mass is 9.46. The largest absolute Gasteiger partial charge is 0.493 e. The van der Waals surface area contributed by atoms with Gasteiger partial charge in [0.1, 0.15) is 6.10 Å². The van der Waals surface area contributed by atoms with Gasteiger partial charge in [0.25, 0.3) is 0 Å². The molecular weight excluding hydrogens is 462 g/mol. The number of aliphatic hydroxyl groups excluding tert-OH is 2. The summed E-state index contributed by atoms with van der Waals surface area (Å²) in [4.78, 5) is 2.77. The second-order valence-corrected chi connectivity index (χ2v) is 12.6. The van der Waals surface area contributed by atoms with Gasteiger partial charge in [0, 0.05) is 29.0 Å². The molecule has 198 valence electrons. The number of unbranched alkanes of at least 4 members (excludes halogenated alkanes) is 1. The fourth-order valence-electron chi connectivity index (χ4n) is 8.72. The molecule has 5 heteroatoms. The van der Waals surface area contributed by atoms with Crippen molar-refractivity contribution in [1.82, 2.24) is 4.90 Å². The van der Waals surface area contributed by atoms with Crippen molar-refractivity contribution in [2.75, 3.05) is 26.8 Å². The lowest BCUT2D eigenvalue weighted by Gasteiger charge is -2.63. The molecule has 0 amide bonds. The molecule has 2 saturated carbocycles. The molecule has 2 aromatic rings. The van der Waals surface area contributed by atoms with Crippen molar-refractivity contribution in [3.8, 4) is 11.5 Å². The number of benzene rings is 2. The summed E-state index contributed by atoms with van der Waals surface area (Å²) in [6, 6.07) is 15.4. The Kier molecular flexibility index (Phi) is 5.83. The average molecular weight is 504 g/mol. The van der Waals surface area contributed by atoms with Crippen LogP contribution in [-0.2, 0) is 18.3 Å². The third-order valence-corrected chi connectivity index (χ3v) is 10.8. The molecule has 0 aromatic heterocycles. The first-order valence-electron chi connectivity index (χ1n) is 14.5. The molecule has 37 heavy (non-hydrogen) atoms. The second kappa shape index (κ2) is 9.00. The quantitative estimate of drug-likeness (QED) is 0.493. The fraction of sp³-hybridized carbons (Fsp3) is 0.625. The highest BCUT2D eigenvalue weighted by Gasteiger charge is 2.70. The van der Waals surface area contributed by atoms with E-state index in [4.69, 9.17) is 9.47 Å². The molecule has 0 radical (unpaired) electrons. The number of ether oxygens (including phenoxy) is 2. The first kappa shape index (κ1) is 24.0. The number of nitrogens with zero attached hydrogens (tertiary/aromatic N) is 1.